The quantitative estimate of drug-likeness (QED) is 0.833. The fourth-order valence-electron chi connectivity index (χ4n) is 3.12. The molecule has 0 radical (unpaired) electrons. The molecule has 100 valence electrons. The van der Waals surface area contributed by atoms with Gasteiger partial charge in [0.25, 0.3) is 0 Å². The second-order valence-electron chi connectivity index (χ2n) is 5.55. The van der Waals surface area contributed by atoms with Crippen molar-refractivity contribution in [3.63, 3.8) is 0 Å². The maximum absolute atomic E-state index is 10.3. The molecular weight excluding hydrogens is 230 g/mol. The standard InChI is InChI=1S/C13H21N3O2/c1-15-7-11(14-10-15)8-16-5-4-13(12(17)9-16)3-2-6-18-13/h7,10,12,17H,2-6,8-9H2,1H3/t12-,13-/m0/s1. The Morgan fingerprint density at radius 1 is 1.56 bits per heavy atom. The van der Waals surface area contributed by atoms with E-state index in [4.69, 9.17) is 4.74 Å². The average Bonchev–Trinajstić information content (AvgIpc) is 2.95. The maximum atomic E-state index is 10.3. The number of aromatic nitrogens is 2. The third kappa shape index (κ3) is 2.18. The number of nitrogens with zero attached hydrogens (tertiary/aromatic N) is 3. The largest absolute Gasteiger partial charge is 0.389 e. The van der Waals surface area contributed by atoms with Crippen LogP contribution in [0.3, 0.4) is 0 Å². The lowest BCUT2D eigenvalue weighted by atomic mass is 9.86. The summed E-state index contributed by atoms with van der Waals surface area (Å²) in [5.74, 6) is 0. The van der Waals surface area contributed by atoms with E-state index in [1.807, 2.05) is 24.1 Å². The summed E-state index contributed by atoms with van der Waals surface area (Å²) in [5, 5.41) is 10.3. The molecule has 1 aromatic rings. The molecular formula is C13H21N3O2. The zero-order valence-electron chi connectivity index (χ0n) is 10.9. The van der Waals surface area contributed by atoms with E-state index in [-0.39, 0.29) is 11.7 Å². The van der Waals surface area contributed by atoms with Gasteiger partial charge in [-0.15, -0.1) is 0 Å². The Balaban J connectivity index is 1.61. The zero-order valence-corrected chi connectivity index (χ0v) is 10.9. The highest BCUT2D eigenvalue weighted by Crippen LogP contribution is 2.36. The van der Waals surface area contributed by atoms with Crippen LogP contribution in [0.5, 0.6) is 0 Å². The van der Waals surface area contributed by atoms with Crippen molar-refractivity contribution in [2.24, 2.45) is 7.05 Å². The summed E-state index contributed by atoms with van der Waals surface area (Å²) in [5.41, 5.74) is 0.814. The van der Waals surface area contributed by atoms with Crippen molar-refractivity contribution in [2.75, 3.05) is 19.7 Å². The molecule has 1 spiro atoms. The van der Waals surface area contributed by atoms with Crippen LogP contribution in [0.4, 0.5) is 0 Å². The van der Waals surface area contributed by atoms with Crippen LogP contribution in [0.15, 0.2) is 12.5 Å². The normalized spacial score (nSPS) is 33.3. The molecule has 2 aliphatic rings. The number of aryl methyl sites for hydroxylation is 1. The van der Waals surface area contributed by atoms with E-state index >= 15 is 0 Å². The summed E-state index contributed by atoms with van der Waals surface area (Å²) in [7, 11) is 1.98. The summed E-state index contributed by atoms with van der Waals surface area (Å²) < 4.78 is 7.76. The minimum absolute atomic E-state index is 0.249. The van der Waals surface area contributed by atoms with E-state index in [0.717, 1.165) is 44.7 Å². The monoisotopic (exact) mass is 251 g/mol. The lowest BCUT2D eigenvalue weighted by Crippen LogP contribution is -2.54. The first-order valence-electron chi connectivity index (χ1n) is 6.69. The van der Waals surface area contributed by atoms with Crippen LogP contribution in [0.2, 0.25) is 0 Å². The third-order valence-corrected chi connectivity index (χ3v) is 4.17. The third-order valence-electron chi connectivity index (χ3n) is 4.17. The van der Waals surface area contributed by atoms with Gasteiger partial charge in [0.15, 0.2) is 0 Å². The molecule has 0 aromatic carbocycles. The predicted octanol–water partition coefficient (Wildman–Crippen LogP) is 0.536. The van der Waals surface area contributed by atoms with E-state index in [1.54, 1.807) is 0 Å². The minimum atomic E-state index is -0.363. The number of likely N-dealkylation sites (tertiary alicyclic amines) is 1. The lowest BCUT2D eigenvalue weighted by molar-refractivity contribution is -0.130. The molecule has 2 saturated heterocycles. The van der Waals surface area contributed by atoms with Gasteiger partial charge in [-0.25, -0.2) is 4.98 Å². The predicted molar refractivity (Wildman–Crippen MR) is 67.0 cm³/mol. The van der Waals surface area contributed by atoms with Gasteiger partial charge in [0.1, 0.15) is 0 Å². The van der Waals surface area contributed by atoms with Crippen molar-refractivity contribution in [1.29, 1.82) is 0 Å². The number of β-amino-alcohol motifs (C(OH)–C–C–N with tert-alkyl or cyclic N) is 1. The molecule has 0 unspecified atom stereocenters. The Labute approximate surface area is 107 Å². The molecule has 5 heteroatoms. The topological polar surface area (TPSA) is 50.5 Å². The average molecular weight is 251 g/mol. The molecule has 18 heavy (non-hydrogen) atoms. The number of hydrogen-bond donors (Lipinski definition) is 1. The number of aliphatic hydroxyl groups excluding tert-OH is 1. The molecule has 3 rings (SSSR count). The Morgan fingerprint density at radius 2 is 2.44 bits per heavy atom. The Bertz CT molecular complexity index is 412. The first-order chi connectivity index (χ1) is 8.68. The molecule has 5 nitrogen and oxygen atoms in total. The molecule has 3 heterocycles. The van der Waals surface area contributed by atoms with Crippen molar-refractivity contribution in [1.82, 2.24) is 14.5 Å². The summed E-state index contributed by atoms with van der Waals surface area (Å²) in [4.78, 5) is 6.60. The van der Waals surface area contributed by atoms with E-state index in [0.29, 0.717) is 6.54 Å². The highest BCUT2D eigenvalue weighted by Gasteiger charge is 2.45. The Kier molecular flexibility index (Phi) is 3.13. The van der Waals surface area contributed by atoms with Crippen molar-refractivity contribution >= 4 is 0 Å². The number of aliphatic hydroxyl groups is 1. The first kappa shape index (κ1) is 12.1. The van der Waals surface area contributed by atoms with Crippen LogP contribution in [0.1, 0.15) is 25.0 Å². The lowest BCUT2D eigenvalue weighted by Gasteiger charge is -2.42. The molecule has 0 amide bonds. The second kappa shape index (κ2) is 4.64. The molecule has 0 saturated carbocycles. The maximum Gasteiger partial charge on any atom is 0.0965 e. The van der Waals surface area contributed by atoms with Gasteiger partial charge in [0.05, 0.1) is 23.7 Å². The fraction of sp³-hybridized carbons (Fsp3) is 0.769. The van der Waals surface area contributed by atoms with Crippen LogP contribution in [-0.4, -0.2) is 51.0 Å². The zero-order chi connectivity index (χ0) is 12.6. The Hall–Kier alpha value is -0.910. The minimum Gasteiger partial charge on any atom is -0.389 e. The van der Waals surface area contributed by atoms with E-state index in [9.17, 15) is 5.11 Å². The van der Waals surface area contributed by atoms with Crippen molar-refractivity contribution in [3.05, 3.63) is 18.2 Å². The molecule has 2 fully saturated rings. The van der Waals surface area contributed by atoms with Gasteiger partial charge >= 0.3 is 0 Å². The highest BCUT2D eigenvalue weighted by molar-refractivity contribution is 5.01. The number of rotatable bonds is 2. The number of imidazole rings is 1. The Morgan fingerprint density at radius 3 is 3.06 bits per heavy atom. The first-order valence-corrected chi connectivity index (χ1v) is 6.69. The van der Waals surface area contributed by atoms with Crippen LogP contribution >= 0.6 is 0 Å². The van der Waals surface area contributed by atoms with Gasteiger partial charge in [0.2, 0.25) is 0 Å². The summed E-state index contributed by atoms with van der Waals surface area (Å²) in [6.45, 7) is 3.29. The molecule has 2 atom stereocenters. The molecule has 0 bridgehead atoms. The van der Waals surface area contributed by atoms with Crippen molar-refractivity contribution < 1.29 is 9.84 Å². The van der Waals surface area contributed by atoms with Crippen LogP contribution < -0.4 is 0 Å². The number of hydrogen-bond acceptors (Lipinski definition) is 4. The summed E-state index contributed by atoms with van der Waals surface area (Å²) in [6, 6.07) is 0. The second-order valence-corrected chi connectivity index (χ2v) is 5.55. The van der Waals surface area contributed by atoms with Gasteiger partial charge in [-0.05, 0) is 19.3 Å². The molecule has 2 aliphatic heterocycles. The number of ether oxygens (including phenoxy) is 1. The van der Waals surface area contributed by atoms with E-state index in [2.05, 4.69) is 9.88 Å². The fourth-order valence-corrected chi connectivity index (χ4v) is 3.12. The van der Waals surface area contributed by atoms with Gasteiger partial charge in [0, 0.05) is 39.5 Å². The number of piperidine rings is 1. The molecule has 1 aromatic heterocycles. The smallest absolute Gasteiger partial charge is 0.0965 e. The molecule has 1 N–H and O–H groups in total. The highest BCUT2D eigenvalue weighted by atomic mass is 16.5. The summed E-state index contributed by atoms with van der Waals surface area (Å²) in [6.07, 6.45) is 6.50. The van der Waals surface area contributed by atoms with Gasteiger partial charge in [-0.2, -0.15) is 0 Å². The molecule has 0 aliphatic carbocycles. The van der Waals surface area contributed by atoms with E-state index in [1.165, 1.54) is 0 Å². The van der Waals surface area contributed by atoms with Crippen molar-refractivity contribution in [3.8, 4) is 0 Å². The van der Waals surface area contributed by atoms with E-state index < -0.39 is 0 Å². The summed E-state index contributed by atoms with van der Waals surface area (Å²) >= 11 is 0. The van der Waals surface area contributed by atoms with Crippen molar-refractivity contribution in [2.45, 2.75) is 37.5 Å². The van der Waals surface area contributed by atoms with Crippen LogP contribution in [-0.2, 0) is 18.3 Å². The van der Waals surface area contributed by atoms with Crippen LogP contribution in [0.25, 0.3) is 0 Å². The SMILES string of the molecule is Cn1cnc(CN2CC[C@@]3(CCCO3)[C@@H](O)C2)c1. The van der Waals surface area contributed by atoms with Crippen LogP contribution in [0, 0.1) is 0 Å². The van der Waals surface area contributed by atoms with Gasteiger partial charge in [-0.1, -0.05) is 0 Å². The van der Waals surface area contributed by atoms with Gasteiger partial charge < -0.3 is 14.4 Å². The van der Waals surface area contributed by atoms with Gasteiger partial charge in [-0.3, -0.25) is 4.90 Å².